The molecule has 4 rings (SSSR count). The van der Waals surface area contributed by atoms with Gasteiger partial charge in [0.15, 0.2) is 8.32 Å². The van der Waals surface area contributed by atoms with E-state index in [-0.39, 0.29) is 30.1 Å². The predicted molar refractivity (Wildman–Crippen MR) is 202 cm³/mol. The number of hydrogen-bond donors (Lipinski definition) is 1. The van der Waals surface area contributed by atoms with Gasteiger partial charge in [0.2, 0.25) is 0 Å². The summed E-state index contributed by atoms with van der Waals surface area (Å²) in [6.45, 7) is 18.8. The number of benzene rings is 2. The third kappa shape index (κ3) is 11.8. The van der Waals surface area contributed by atoms with E-state index in [9.17, 15) is 9.90 Å². The van der Waals surface area contributed by atoms with E-state index >= 15 is 0 Å². The molecule has 2 aromatic rings. The van der Waals surface area contributed by atoms with E-state index in [4.69, 9.17) is 32.8 Å². The van der Waals surface area contributed by atoms with Gasteiger partial charge in [-0.1, -0.05) is 39.0 Å². The Balaban J connectivity index is 1.54. The first-order chi connectivity index (χ1) is 24.3. The van der Waals surface area contributed by atoms with Crippen molar-refractivity contribution in [1.29, 1.82) is 0 Å². The molecule has 2 heterocycles. The maximum Gasteiger partial charge on any atom is 0.407 e. The molecule has 1 unspecified atom stereocenters. The van der Waals surface area contributed by atoms with Gasteiger partial charge >= 0.3 is 6.09 Å². The number of rotatable bonds is 19. The maximum atomic E-state index is 12.4. The molecule has 0 saturated carbocycles. The molecular formula is C39H62N2O9Si. The number of carboxylic acid groups (broad SMARTS) is 1. The molecule has 0 aliphatic carbocycles. The molecule has 11 nitrogen and oxygen atoms in total. The molecular weight excluding hydrogens is 669 g/mol. The van der Waals surface area contributed by atoms with Crippen molar-refractivity contribution < 1.29 is 42.7 Å². The van der Waals surface area contributed by atoms with Gasteiger partial charge in [0.25, 0.3) is 0 Å². The molecule has 0 aromatic heterocycles. The first-order valence-electron chi connectivity index (χ1n) is 18.4. The van der Waals surface area contributed by atoms with Gasteiger partial charge in [0.1, 0.15) is 18.1 Å². The number of ether oxygens (including phenoxy) is 6. The minimum atomic E-state index is -1.94. The summed E-state index contributed by atoms with van der Waals surface area (Å²) in [5, 5.41) is 10.3. The molecule has 4 atom stereocenters. The second-order valence-corrected chi connectivity index (χ2v) is 20.0. The molecule has 0 spiro atoms. The number of amides is 1. The average Bonchev–Trinajstić information content (AvgIpc) is 3.09. The highest BCUT2D eigenvalue weighted by molar-refractivity contribution is 6.74. The molecule has 1 N–H and O–H groups in total. The first-order valence-corrected chi connectivity index (χ1v) is 21.3. The van der Waals surface area contributed by atoms with Crippen molar-refractivity contribution in [3.05, 3.63) is 53.6 Å². The average molecular weight is 731 g/mol. The van der Waals surface area contributed by atoms with Crippen molar-refractivity contribution >= 4 is 20.1 Å². The lowest BCUT2D eigenvalue weighted by atomic mass is 9.84. The fourth-order valence-corrected chi connectivity index (χ4v) is 7.90. The lowest BCUT2D eigenvalue weighted by molar-refractivity contribution is -0.0919. The van der Waals surface area contributed by atoms with Crippen LogP contribution in [0.3, 0.4) is 0 Å². The summed E-state index contributed by atoms with van der Waals surface area (Å²) in [4.78, 5) is 16.2. The van der Waals surface area contributed by atoms with E-state index in [1.54, 1.807) is 14.2 Å². The molecule has 1 saturated heterocycles. The quantitative estimate of drug-likeness (QED) is 0.118. The van der Waals surface area contributed by atoms with Crippen LogP contribution < -0.4 is 14.4 Å². The normalized spacial score (nSPS) is 20.1. The maximum absolute atomic E-state index is 12.4. The van der Waals surface area contributed by atoms with Crippen molar-refractivity contribution in [2.75, 3.05) is 78.3 Å². The van der Waals surface area contributed by atoms with Crippen LogP contribution in [0.1, 0.15) is 64.0 Å². The topological polar surface area (TPSA) is 108 Å². The van der Waals surface area contributed by atoms with Gasteiger partial charge in [-0.2, -0.15) is 0 Å². The Morgan fingerprint density at radius 1 is 0.961 bits per heavy atom. The monoisotopic (exact) mass is 730 g/mol. The summed E-state index contributed by atoms with van der Waals surface area (Å²) >= 11 is 0. The molecule has 12 heteroatoms. The van der Waals surface area contributed by atoms with Gasteiger partial charge in [-0.05, 0) is 73.3 Å². The fraction of sp³-hybridized carbons (Fsp3) is 0.667. The zero-order chi connectivity index (χ0) is 37.0. The van der Waals surface area contributed by atoms with Crippen LogP contribution in [0.4, 0.5) is 10.5 Å². The summed E-state index contributed by atoms with van der Waals surface area (Å²) in [6.07, 6.45) is 0.608. The Hall–Kier alpha value is -2.87. The summed E-state index contributed by atoms with van der Waals surface area (Å²) in [5.41, 5.74) is 3.06. The molecule has 1 fully saturated rings. The van der Waals surface area contributed by atoms with Crippen molar-refractivity contribution in [1.82, 2.24) is 4.90 Å². The number of piperidine rings is 1. The molecule has 286 valence electrons. The number of hydrogen-bond acceptors (Lipinski definition) is 9. The van der Waals surface area contributed by atoms with Crippen LogP contribution in [-0.2, 0) is 30.0 Å². The van der Waals surface area contributed by atoms with E-state index in [1.165, 1.54) is 4.90 Å². The standard InChI is InChI=1S/C39H62N2O9Si/c1-29(50-51(7,8)39(2,3)4)17-23-47-35-26-41(38(42)43)27-36(37(35)31-12-14-32(15-13-31)46-22-10-21-45-6)49-28-30-11-16-34-33(25-30)40(19-24-48-34)18-9-20-44-5/h11-16,25,29,35-37H,9-10,17-24,26-28H2,1-8H3,(H,42,43)/t29?,35-,36+,37+/m1/s1. The van der Waals surface area contributed by atoms with E-state index in [2.05, 4.69) is 63.9 Å². The van der Waals surface area contributed by atoms with Crippen molar-refractivity contribution in [3.63, 3.8) is 0 Å². The number of nitrogens with zero attached hydrogens (tertiary/aromatic N) is 2. The van der Waals surface area contributed by atoms with E-state index in [0.29, 0.717) is 46.1 Å². The highest BCUT2D eigenvalue weighted by Gasteiger charge is 2.42. The second-order valence-electron chi connectivity index (χ2n) is 15.2. The molecule has 0 bridgehead atoms. The van der Waals surface area contributed by atoms with Crippen LogP contribution in [-0.4, -0.2) is 116 Å². The minimum Gasteiger partial charge on any atom is -0.494 e. The Bertz CT molecular complexity index is 1350. The van der Waals surface area contributed by atoms with Gasteiger partial charge in [-0.15, -0.1) is 0 Å². The zero-order valence-electron chi connectivity index (χ0n) is 32.2. The fourth-order valence-electron chi connectivity index (χ4n) is 6.42. The van der Waals surface area contributed by atoms with Crippen molar-refractivity contribution in [3.8, 4) is 11.5 Å². The summed E-state index contributed by atoms with van der Waals surface area (Å²) < 4.78 is 42.2. The van der Waals surface area contributed by atoms with Gasteiger partial charge in [0, 0.05) is 59.0 Å². The molecule has 1 amide bonds. The van der Waals surface area contributed by atoms with Crippen LogP contribution in [0.15, 0.2) is 42.5 Å². The smallest absolute Gasteiger partial charge is 0.407 e. The molecule has 0 radical (unpaired) electrons. The lowest BCUT2D eigenvalue weighted by Crippen LogP contribution is -2.54. The van der Waals surface area contributed by atoms with Crippen LogP contribution >= 0.6 is 0 Å². The highest BCUT2D eigenvalue weighted by Crippen LogP contribution is 2.39. The minimum absolute atomic E-state index is 0.0205. The van der Waals surface area contributed by atoms with E-state index < -0.39 is 26.6 Å². The van der Waals surface area contributed by atoms with Gasteiger partial charge in [-0.25, -0.2) is 4.79 Å². The Kier molecular flexibility index (Phi) is 15.5. The Labute approximate surface area is 306 Å². The van der Waals surface area contributed by atoms with Crippen LogP contribution in [0, 0.1) is 0 Å². The van der Waals surface area contributed by atoms with E-state index in [1.807, 2.05) is 24.3 Å². The first kappa shape index (κ1) is 40.9. The highest BCUT2D eigenvalue weighted by atomic mass is 28.4. The number of anilines is 1. The summed E-state index contributed by atoms with van der Waals surface area (Å²) in [7, 11) is 1.46. The zero-order valence-corrected chi connectivity index (χ0v) is 33.2. The SMILES string of the molecule is COCCCOc1ccc([C@@H]2[C@@H](OCc3ccc4c(c3)N(CCCOC)CCO4)CN(C(=O)O)C[C@H]2OCCC(C)O[Si](C)(C)C(C)(C)C)cc1. The Morgan fingerprint density at radius 2 is 1.65 bits per heavy atom. The Morgan fingerprint density at radius 3 is 2.31 bits per heavy atom. The van der Waals surface area contributed by atoms with Crippen LogP contribution in [0.25, 0.3) is 0 Å². The number of methoxy groups -OCH3 is 2. The summed E-state index contributed by atoms with van der Waals surface area (Å²) in [5.74, 6) is 1.43. The van der Waals surface area contributed by atoms with Crippen LogP contribution in [0.2, 0.25) is 18.1 Å². The molecule has 2 aromatic carbocycles. The third-order valence-electron chi connectivity index (χ3n) is 10.3. The molecule has 2 aliphatic rings. The van der Waals surface area contributed by atoms with Crippen molar-refractivity contribution in [2.24, 2.45) is 0 Å². The largest absolute Gasteiger partial charge is 0.494 e. The number of likely N-dealkylation sites (tertiary alicyclic amines) is 1. The van der Waals surface area contributed by atoms with Gasteiger partial charge < -0.3 is 47.8 Å². The van der Waals surface area contributed by atoms with Crippen molar-refractivity contribution in [2.45, 2.75) is 95.9 Å². The number of fused-ring (bicyclic) bond motifs is 1. The second kappa shape index (κ2) is 19.3. The molecule has 51 heavy (non-hydrogen) atoms. The molecule has 2 aliphatic heterocycles. The predicted octanol–water partition coefficient (Wildman–Crippen LogP) is 7.19. The van der Waals surface area contributed by atoms with Gasteiger partial charge in [-0.3, -0.25) is 0 Å². The number of carbonyl (C=O) groups is 1. The lowest BCUT2D eigenvalue weighted by Gasteiger charge is -2.43. The summed E-state index contributed by atoms with van der Waals surface area (Å²) in [6, 6.07) is 14.2. The van der Waals surface area contributed by atoms with Gasteiger partial charge in [0.05, 0.1) is 50.7 Å². The third-order valence-corrected chi connectivity index (χ3v) is 14.9. The van der Waals surface area contributed by atoms with Crippen LogP contribution in [0.5, 0.6) is 11.5 Å². The van der Waals surface area contributed by atoms with E-state index in [0.717, 1.165) is 54.2 Å².